The normalized spacial score (nSPS) is 27.9. The molecule has 5 rings (SSSR count). The van der Waals surface area contributed by atoms with Gasteiger partial charge in [-0.3, -0.25) is 9.69 Å². The minimum atomic E-state index is -0.940. The van der Waals surface area contributed by atoms with Crippen molar-refractivity contribution in [1.82, 2.24) is 4.90 Å². The van der Waals surface area contributed by atoms with Crippen LogP contribution in [-0.4, -0.2) is 23.8 Å². The molecule has 4 nitrogen and oxygen atoms in total. The molecule has 2 aliphatic carbocycles. The molecule has 35 heavy (non-hydrogen) atoms. The average molecular weight is 466 g/mol. The Morgan fingerprint density at radius 2 is 1.91 bits per heavy atom. The van der Waals surface area contributed by atoms with E-state index in [-0.39, 0.29) is 11.3 Å². The van der Waals surface area contributed by atoms with Crippen LogP contribution in [-0.2, 0) is 23.2 Å². The Morgan fingerprint density at radius 1 is 1.20 bits per heavy atom. The zero-order chi connectivity index (χ0) is 24.8. The third-order valence-corrected chi connectivity index (χ3v) is 8.42. The topological polar surface area (TPSA) is 58.7 Å². The van der Waals surface area contributed by atoms with Crippen LogP contribution < -0.4 is 5.73 Å². The Kier molecular flexibility index (Phi) is 5.79. The van der Waals surface area contributed by atoms with E-state index in [4.69, 9.17) is 10.7 Å². The molecule has 2 spiro atoms. The van der Waals surface area contributed by atoms with Crippen LogP contribution in [0.1, 0.15) is 54.9 Å². The van der Waals surface area contributed by atoms with Crippen LogP contribution in [0, 0.1) is 11.3 Å². The van der Waals surface area contributed by atoms with Crippen molar-refractivity contribution < 1.29 is 4.79 Å². The molecule has 1 fully saturated rings. The first-order valence-corrected chi connectivity index (χ1v) is 12.6. The molecule has 180 valence electrons. The number of guanidine groups is 1. The smallest absolute Gasteiger partial charge is 0.262 e. The number of benzene rings is 2. The first kappa shape index (κ1) is 23.3. The van der Waals surface area contributed by atoms with Gasteiger partial charge in [-0.25, -0.2) is 4.99 Å². The maximum atomic E-state index is 14.0. The van der Waals surface area contributed by atoms with Gasteiger partial charge in [-0.1, -0.05) is 73.3 Å². The number of nitrogens with two attached hydrogens (primary N) is 1. The second kappa shape index (κ2) is 8.67. The molecule has 4 heteroatoms. The van der Waals surface area contributed by atoms with Crippen LogP contribution >= 0.6 is 0 Å². The largest absolute Gasteiger partial charge is 0.369 e. The van der Waals surface area contributed by atoms with E-state index in [1.807, 2.05) is 19.1 Å². The molecule has 1 unspecified atom stereocenters. The molecule has 0 bridgehead atoms. The van der Waals surface area contributed by atoms with E-state index >= 15 is 0 Å². The fraction of sp³-hybridized carbons (Fsp3) is 0.355. The number of hydrogen-bond acceptors (Lipinski definition) is 3. The number of nitrogens with zero attached hydrogens (tertiary/aromatic N) is 2. The first-order chi connectivity index (χ1) is 16.8. The van der Waals surface area contributed by atoms with E-state index in [1.54, 1.807) is 11.9 Å². The molecular formula is C31H35N3O. The van der Waals surface area contributed by atoms with Crippen LogP contribution in [0.4, 0.5) is 0 Å². The quantitative estimate of drug-likeness (QED) is 0.568. The molecule has 1 heterocycles. The third-order valence-electron chi connectivity index (χ3n) is 8.42. The van der Waals surface area contributed by atoms with Gasteiger partial charge in [0.05, 0.1) is 0 Å². The highest BCUT2D eigenvalue weighted by Crippen LogP contribution is 2.62. The number of rotatable bonds is 5. The Hall–Kier alpha value is -3.40. The first-order valence-electron chi connectivity index (χ1n) is 12.6. The van der Waals surface area contributed by atoms with E-state index in [9.17, 15) is 4.79 Å². The Labute approximate surface area is 208 Å². The summed E-state index contributed by atoms with van der Waals surface area (Å²) >= 11 is 0. The standard InChI is InChI=1S/C31H35N3O/c1-5-24(17-21(2)3)25-11-12-26-20-30(31(27(26)19-25)28(35)34(4)29(32)33-31)15-13-23(14-16-30)18-22-9-7-6-8-10-22/h5-12,17,19,23H,1-2,13-16,18,20H2,3-4H3,(H2,32,33). The Balaban J connectivity index is 1.54. The van der Waals surface area contributed by atoms with Gasteiger partial charge in [0.25, 0.3) is 5.91 Å². The zero-order valence-corrected chi connectivity index (χ0v) is 20.9. The SMILES string of the molecule is C=CC(=CC(=C)C)c1ccc2c(c1)C1(N=C(N)N(C)C1=O)C1(CCC(Cc3ccccc3)CC1)C2. The van der Waals surface area contributed by atoms with Gasteiger partial charge >= 0.3 is 0 Å². The van der Waals surface area contributed by atoms with Crippen molar-refractivity contribution in [2.24, 2.45) is 22.1 Å². The predicted octanol–water partition coefficient (Wildman–Crippen LogP) is 5.79. The number of aliphatic imine (C=N–C) groups is 1. The van der Waals surface area contributed by atoms with E-state index in [2.05, 4.69) is 61.7 Å². The van der Waals surface area contributed by atoms with Crippen molar-refractivity contribution in [2.45, 2.75) is 51.0 Å². The summed E-state index contributed by atoms with van der Waals surface area (Å²) < 4.78 is 0. The maximum absolute atomic E-state index is 14.0. The van der Waals surface area contributed by atoms with Crippen LogP contribution in [0.15, 0.2) is 84.4 Å². The van der Waals surface area contributed by atoms with Crippen LogP contribution in [0.2, 0.25) is 0 Å². The lowest BCUT2D eigenvalue weighted by Gasteiger charge is -2.45. The second-order valence-electron chi connectivity index (χ2n) is 10.7. The molecule has 1 atom stereocenters. The number of carbonyl (C=O) groups is 1. The summed E-state index contributed by atoms with van der Waals surface area (Å²) in [6.45, 7) is 10.0. The lowest BCUT2D eigenvalue weighted by atomic mass is 9.59. The summed E-state index contributed by atoms with van der Waals surface area (Å²) in [5.41, 5.74) is 11.7. The van der Waals surface area contributed by atoms with E-state index < -0.39 is 5.54 Å². The average Bonchev–Trinajstić information content (AvgIpc) is 3.25. The van der Waals surface area contributed by atoms with Crippen LogP contribution in [0.3, 0.4) is 0 Å². The number of hydrogen-bond donors (Lipinski definition) is 1. The van der Waals surface area contributed by atoms with Gasteiger partial charge in [-0.05, 0) is 85.3 Å². The molecule has 2 aromatic rings. The van der Waals surface area contributed by atoms with Crippen molar-refractivity contribution in [3.63, 3.8) is 0 Å². The fourth-order valence-electron chi connectivity index (χ4n) is 6.63. The highest BCUT2D eigenvalue weighted by atomic mass is 16.2. The number of allylic oxidation sites excluding steroid dienone is 4. The van der Waals surface area contributed by atoms with Crippen molar-refractivity contribution in [2.75, 3.05) is 7.05 Å². The van der Waals surface area contributed by atoms with Gasteiger partial charge in [0.15, 0.2) is 11.5 Å². The molecule has 1 saturated carbocycles. The van der Waals surface area contributed by atoms with Gasteiger partial charge < -0.3 is 5.73 Å². The highest BCUT2D eigenvalue weighted by molar-refractivity contribution is 6.08. The van der Waals surface area contributed by atoms with Gasteiger partial charge in [0.1, 0.15) is 0 Å². The summed E-state index contributed by atoms with van der Waals surface area (Å²) in [6, 6.07) is 17.2. The summed E-state index contributed by atoms with van der Waals surface area (Å²) in [5, 5.41) is 0. The third kappa shape index (κ3) is 3.67. The van der Waals surface area contributed by atoms with Crippen molar-refractivity contribution >= 4 is 17.4 Å². The van der Waals surface area contributed by atoms with Crippen LogP contribution in [0.5, 0.6) is 0 Å². The molecule has 0 saturated heterocycles. The van der Waals surface area contributed by atoms with Gasteiger partial charge in [0.2, 0.25) is 0 Å². The Morgan fingerprint density at radius 3 is 2.51 bits per heavy atom. The number of amides is 1. The second-order valence-corrected chi connectivity index (χ2v) is 10.7. The zero-order valence-electron chi connectivity index (χ0n) is 20.9. The number of likely N-dealkylation sites (N-methyl/N-ethyl adjacent to an activating group) is 1. The van der Waals surface area contributed by atoms with Gasteiger partial charge in [-0.15, -0.1) is 0 Å². The highest BCUT2D eigenvalue weighted by Gasteiger charge is 2.66. The van der Waals surface area contributed by atoms with E-state index in [1.165, 1.54) is 11.1 Å². The van der Waals surface area contributed by atoms with Crippen molar-refractivity contribution in [3.8, 4) is 0 Å². The van der Waals surface area contributed by atoms with Gasteiger partial charge in [-0.2, -0.15) is 0 Å². The summed E-state index contributed by atoms with van der Waals surface area (Å²) in [6.07, 6.45) is 9.97. The molecule has 0 radical (unpaired) electrons. The Bertz CT molecular complexity index is 1250. The molecule has 3 aliphatic rings. The molecule has 2 aromatic carbocycles. The molecule has 1 amide bonds. The molecule has 0 aromatic heterocycles. The molecular weight excluding hydrogens is 430 g/mol. The van der Waals surface area contributed by atoms with Crippen molar-refractivity contribution in [3.05, 3.63) is 102 Å². The lowest BCUT2D eigenvalue weighted by Crippen LogP contribution is -2.51. The van der Waals surface area contributed by atoms with Crippen molar-refractivity contribution in [1.29, 1.82) is 0 Å². The summed E-state index contributed by atoms with van der Waals surface area (Å²) in [4.78, 5) is 20.5. The van der Waals surface area contributed by atoms with E-state index in [0.29, 0.717) is 11.9 Å². The van der Waals surface area contributed by atoms with Gasteiger partial charge in [0, 0.05) is 12.5 Å². The minimum Gasteiger partial charge on any atom is -0.369 e. The van der Waals surface area contributed by atoms with E-state index in [0.717, 1.165) is 60.8 Å². The molecule has 1 aliphatic heterocycles. The summed E-state index contributed by atoms with van der Waals surface area (Å²) in [7, 11) is 1.75. The van der Waals surface area contributed by atoms with Crippen LogP contribution in [0.25, 0.3) is 5.57 Å². The number of carbonyl (C=O) groups excluding carboxylic acids is 1. The lowest BCUT2D eigenvalue weighted by molar-refractivity contribution is -0.136. The number of fused-ring (bicyclic) bond motifs is 3. The predicted molar refractivity (Wildman–Crippen MR) is 144 cm³/mol. The minimum absolute atomic E-state index is 0.0106. The fourth-order valence-corrected chi connectivity index (χ4v) is 6.63. The summed E-state index contributed by atoms with van der Waals surface area (Å²) in [5.74, 6) is 0.956. The molecule has 2 N–H and O–H groups in total. The monoisotopic (exact) mass is 465 g/mol. The maximum Gasteiger partial charge on any atom is 0.262 e.